The largest absolute Gasteiger partial charge is 0.465 e. The van der Waals surface area contributed by atoms with Gasteiger partial charge in [0.2, 0.25) is 5.95 Å². The smallest absolute Gasteiger partial charge is 0.416 e. The number of anilines is 2. The minimum absolute atomic E-state index is 0.112. The molecule has 0 amide bonds. The van der Waals surface area contributed by atoms with Crippen molar-refractivity contribution in [2.75, 3.05) is 17.7 Å². The highest BCUT2D eigenvalue weighted by Crippen LogP contribution is 2.40. The maximum absolute atomic E-state index is 12.9. The van der Waals surface area contributed by atoms with E-state index in [1.165, 1.54) is 35.5 Å². The van der Waals surface area contributed by atoms with Crippen LogP contribution >= 0.6 is 23.6 Å². The highest BCUT2D eigenvalue weighted by molar-refractivity contribution is 7.80. The molecule has 0 fully saturated rings. The van der Waals surface area contributed by atoms with Gasteiger partial charge in [0.05, 0.1) is 24.8 Å². The van der Waals surface area contributed by atoms with E-state index in [4.69, 9.17) is 17.0 Å². The lowest BCUT2D eigenvalue weighted by molar-refractivity contribution is -0.137. The zero-order valence-electron chi connectivity index (χ0n) is 18.4. The topological polar surface area (TPSA) is 81.1 Å². The Labute approximate surface area is 203 Å². The summed E-state index contributed by atoms with van der Waals surface area (Å²) in [5, 5.41) is 10.9. The Kier molecular flexibility index (Phi) is 6.89. The molecule has 7 nitrogen and oxygen atoms in total. The van der Waals surface area contributed by atoms with Gasteiger partial charge in [0.1, 0.15) is 11.3 Å². The Hall–Kier alpha value is -2.99. The van der Waals surface area contributed by atoms with E-state index < -0.39 is 17.7 Å². The third-order valence-electron chi connectivity index (χ3n) is 5.49. The minimum atomic E-state index is -4.41. The van der Waals surface area contributed by atoms with Gasteiger partial charge in [-0.15, -0.1) is 16.4 Å². The van der Waals surface area contributed by atoms with Gasteiger partial charge < -0.3 is 10.1 Å². The molecule has 0 bridgehead atoms. The SMILES string of the molecule is COC(=O)c1c(NC(=S)Nc2ncn(Cc3cccc(C(F)(F)F)c3)n2)sc2c1CCC(C)C2. The second-order valence-electron chi connectivity index (χ2n) is 8.09. The van der Waals surface area contributed by atoms with Gasteiger partial charge in [-0.3, -0.25) is 5.32 Å². The fraction of sp³-hybridized carbons (Fsp3) is 0.364. The second-order valence-corrected chi connectivity index (χ2v) is 9.60. The monoisotopic (exact) mass is 509 g/mol. The molecule has 0 saturated carbocycles. The lowest BCUT2D eigenvalue weighted by Gasteiger charge is -2.18. The molecule has 0 saturated heterocycles. The molecular weight excluding hydrogens is 487 g/mol. The predicted octanol–water partition coefficient (Wildman–Crippen LogP) is 5.13. The van der Waals surface area contributed by atoms with Gasteiger partial charge in [0.15, 0.2) is 5.11 Å². The Morgan fingerprint density at radius 1 is 1.35 bits per heavy atom. The van der Waals surface area contributed by atoms with Gasteiger partial charge in [0.25, 0.3) is 0 Å². The van der Waals surface area contributed by atoms with Gasteiger partial charge in [-0.1, -0.05) is 19.1 Å². The Balaban J connectivity index is 1.45. The number of carbonyl (C=O) groups excluding carboxylic acids is 1. The van der Waals surface area contributed by atoms with E-state index in [1.807, 2.05) is 0 Å². The summed E-state index contributed by atoms with van der Waals surface area (Å²) < 4.78 is 45.2. The number of aromatic nitrogens is 3. The molecule has 0 spiro atoms. The highest BCUT2D eigenvalue weighted by Gasteiger charge is 2.30. The van der Waals surface area contributed by atoms with Crippen LogP contribution in [-0.4, -0.2) is 33.0 Å². The zero-order chi connectivity index (χ0) is 24.5. The van der Waals surface area contributed by atoms with Crippen LogP contribution in [0.2, 0.25) is 0 Å². The van der Waals surface area contributed by atoms with Crippen LogP contribution in [0.1, 0.15) is 45.3 Å². The third-order valence-corrected chi connectivity index (χ3v) is 6.86. The van der Waals surface area contributed by atoms with Gasteiger partial charge >= 0.3 is 12.1 Å². The maximum atomic E-state index is 12.9. The number of methoxy groups -OCH3 is 1. The number of rotatable bonds is 5. The van der Waals surface area contributed by atoms with Crippen molar-refractivity contribution in [3.63, 3.8) is 0 Å². The molecule has 1 atom stereocenters. The van der Waals surface area contributed by atoms with Crippen molar-refractivity contribution in [1.82, 2.24) is 14.8 Å². The van der Waals surface area contributed by atoms with Crippen LogP contribution in [0.25, 0.3) is 0 Å². The summed E-state index contributed by atoms with van der Waals surface area (Å²) in [5.74, 6) is 0.305. The summed E-state index contributed by atoms with van der Waals surface area (Å²) in [4.78, 5) is 17.7. The maximum Gasteiger partial charge on any atom is 0.416 e. The first-order valence-corrected chi connectivity index (χ1v) is 11.7. The molecule has 180 valence electrons. The number of hydrogen-bond donors (Lipinski definition) is 2. The molecule has 1 aliphatic rings. The first-order chi connectivity index (χ1) is 16.1. The molecule has 1 aliphatic carbocycles. The van der Waals surface area contributed by atoms with E-state index in [2.05, 4.69) is 27.6 Å². The normalized spacial score (nSPS) is 15.5. The molecule has 0 radical (unpaired) electrons. The van der Waals surface area contributed by atoms with Gasteiger partial charge in [0, 0.05) is 4.88 Å². The fourth-order valence-corrected chi connectivity index (χ4v) is 5.52. The minimum Gasteiger partial charge on any atom is -0.465 e. The number of carbonyl (C=O) groups is 1. The Morgan fingerprint density at radius 2 is 2.15 bits per heavy atom. The van der Waals surface area contributed by atoms with E-state index in [9.17, 15) is 18.0 Å². The number of halogens is 3. The van der Waals surface area contributed by atoms with Crippen LogP contribution in [0, 0.1) is 5.92 Å². The van der Waals surface area contributed by atoms with Gasteiger partial charge in [-0.05, 0) is 60.7 Å². The van der Waals surface area contributed by atoms with Crippen molar-refractivity contribution < 1.29 is 22.7 Å². The standard InChI is InChI=1S/C22H22F3N5O2S2/c1-12-6-7-15-16(8-12)34-18(17(15)19(31)32-2)27-21(33)28-20-26-11-30(29-20)10-13-4-3-5-14(9-13)22(23,24)25/h3-5,9,11-12H,6-8,10H2,1-2H3,(H2,27,28,29,33). The van der Waals surface area contributed by atoms with Crippen LogP contribution in [0.5, 0.6) is 0 Å². The average Bonchev–Trinajstić information content (AvgIpc) is 3.35. The lowest BCUT2D eigenvalue weighted by atomic mass is 9.88. The number of thiocarbonyl (C=S) groups is 1. The van der Waals surface area contributed by atoms with Crippen molar-refractivity contribution in [3.05, 3.63) is 57.7 Å². The first kappa shape index (κ1) is 24.1. The van der Waals surface area contributed by atoms with E-state index in [1.54, 1.807) is 6.07 Å². The second kappa shape index (κ2) is 9.71. The zero-order valence-corrected chi connectivity index (χ0v) is 20.0. The number of benzene rings is 1. The quantitative estimate of drug-likeness (QED) is 0.365. The molecule has 3 aromatic rings. The van der Waals surface area contributed by atoms with Gasteiger partial charge in [-0.2, -0.15) is 13.2 Å². The van der Waals surface area contributed by atoms with E-state index in [0.717, 1.165) is 41.8 Å². The molecule has 12 heteroatoms. The van der Waals surface area contributed by atoms with Crippen molar-refractivity contribution in [1.29, 1.82) is 0 Å². The van der Waals surface area contributed by atoms with Crippen LogP contribution in [0.15, 0.2) is 30.6 Å². The number of nitrogens with zero attached hydrogens (tertiary/aromatic N) is 3. The summed E-state index contributed by atoms with van der Waals surface area (Å²) in [6.45, 7) is 2.29. The molecule has 1 unspecified atom stereocenters. The van der Waals surface area contributed by atoms with Crippen LogP contribution in [0.4, 0.5) is 24.1 Å². The number of thiophene rings is 1. The molecule has 0 aliphatic heterocycles. The summed E-state index contributed by atoms with van der Waals surface area (Å²) >= 11 is 6.86. The van der Waals surface area contributed by atoms with Crippen LogP contribution in [0.3, 0.4) is 0 Å². The van der Waals surface area contributed by atoms with Crippen LogP contribution in [-0.2, 0) is 30.3 Å². The Bertz CT molecular complexity index is 1220. The lowest BCUT2D eigenvalue weighted by Crippen LogP contribution is -2.21. The molecule has 2 N–H and O–H groups in total. The number of esters is 1. The molecular formula is C22H22F3N5O2S2. The summed E-state index contributed by atoms with van der Waals surface area (Å²) in [5.41, 5.74) is 1.22. The van der Waals surface area contributed by atoms with E-state index >= 15 is 0 Å². The highest BCUT2D eigenvalue weighted by atomic mass is 32.1. The number of fused-ring (bicyclic) bond motifs is 1. The van der Waals surface area contributed by atoms with Crippen LogP contribution < -0.4 is 10.6 Å². The Morgan fingerprint density at radius 3 is 2.88 bits per heavy atom. The molecule has 2 heterocycles. The number of ether oxygens (including phenoxy) is 1. The third kappa shape index (κ3) is 5.39. The average molecular weight is 510 g/mol. The van der Waals surface area contributed by atoms with E-state index in [-0.39, 0.29) is 17.6 Å². The van der Waals surface area contributed by atoms with Crippen molar-refractivity contribution in [2.24, 2.45) is 5.92 Å². The molecule has 2 aromatic heterocycles. The molecule has 34 heavy (non-hydrogen) atoms. The van der Waals surface area contributed by atoms with Gasteiger partial charge in [-0.25, -0.2) is 14.5 Å². The fourth-order valence-electron chi connectivity index (χ4n) is 3.85. The summed E-state index contributed by atoms with van der Waals surface area (Å²) in [7, 11) is 1.35. The predicted molar refractivity (Wildman–Crippen MR) is 127 cm³/mol. The summed E-state index contributed by atoms with van der Waals surface area (Å²) in [6.07, 6.45) is -0.307. The molecule has 1 aromatic carbocycles. The summed E-state index contributed by atoms with van der Waals surface area (Å²) in [6, 6.07) is 5.04. The van der Waals surface area contributed by atoms with Crippen molar-refractivity contribution in [2.45, 2.75) is 38.9 Å². The number of nitrogens with one attached hydrogen (secondary N) is 2. The number of alkyl halides is 3. The molecule has 4 rings (SSSR count). The van der Waals surface area contributed by atoms with Crippen molar-refractivity contribution >= 4 is 45.6 Å². The first-order valence-electron chi connectivity index (χ1n) is 10.5. The van der Waals surface area contributed by atoms with Crippen molar-refractivity contribution in [3.8, 4) is 0 Å². The van der Waals surface area contributed by atoms with E-state index in [0.29, 0.717) is 22.0 Å². The number of hydrogen-bond acceptors (Lipinski definition) is 6.